The summed E-state index contributed by atoms with van der Waals surface area (Å²) in [7, 11) is 0. The van der Waals surface area contributed by atoms with Gasteiger partial charge in [-0.15, -0.1) is 0 Å². The number of aryl methyl sites for hydroxylation is 1. The lowest BCUT2D eigenvalue weighted by Gasteiger charge is -2.23. The number of hydrogen-bond donors (Lipinski definition) is 1. The van der Waals surface area contributed by atoms with Gasteiger partial charge in [-0.2, -0.15) is 0 Å². The minimum atomic E-state index is -0.431. The number of hydrogen-bond acceptors (Lipinski definition) is 7. The van der Waals surface area contributed by atoms with Gasteiger partial charge in [-0.25, -0.2) is 15.0 Å². The Labute approximate surface area is 181 Å². The van der Waals surface area contributed by atoms with Gasteiger partial charge >= 0.3 is 0 Å². The fraction of sp³-hybridized carbons (Fsp3) is 0.348. The van der Waals surface area contributed by atoms with Crippen LogP contribution in [-0.4, -0.2) is 45.1 Å². The molecule has 1 aliphatic rings. The third-order valence-electron chi connectivity index (χ3n) is 4.99. The number of nitrogens with one attached hydrogen (secondary N) is 1. The van der Waals surface area contributed by atoms with Crippen LogP contribution in [0, 0.1) is 6.92 Å². The summed E-state index contributed by atoms with van der Waals surface area (Å²) in [5.41, 5.74) is 3.00. The largest absolute Gasteiger partial charge is 0.457 e. The van der Waals surface area contributed by atoms with Crippen LogP contribution in [0.3, 0.4) is 0 Å². The molecule has 0 radical (unpaired) electrons. The molecule has 0 fully saturated rings. The Bertz CT molecular complexity index is 970. The number of rotatable bonds is 10. The molecule has 0 saturated carbocycles. The summed E-state index contributed by atoms with van der Waals surface area (Å²) in [6, 6.07) is 12.2. The summed E-state index contributed by atoms with van der Waals surface area (Å²) in [5, 5.41) is 3.47. The van der Waals surface area contributed by atoms with Crippen molar-refractivity contribution in [2.75, 3.05) is 13.2 Å². The van der Waals surface area contributed by atoms with Crippen LogP contribution in [0.15, 0.2) is 67.6 Å². The minimum absolute atomic E-state index is 0.0424. The molecule has 0 saturated heterocycles. The molecule has 3 aromatic rings. The standard InChI is InChI=1S/C23H27N5O3/c1-17-14-20(27-23(26-17)28-10-8-24-16-28)18(2)25-9-11-29-21(22-30-12-13-31-22)15-19-6-4-3-5-7-19/h3-8,10,12-14,16,18,21-22,25H,9,11,15H2,1-2H3. The SMILES string of the molecule is Cc1cc(C(C)NCCOC(Cc2ccccc2)C2OC=CO2)nc(-n2ccnc2)n1. The van der Waals surface area contributed by atoms with E-state index < -0.39 is 6.29 Å². The zero-order chi connectivity index (χ0) is 21.5. The van der Waals surface area contributed by atoms with Gasteiger partial charge in [0.05, 0.1) is 12.3 Å². The third kappa shape index (κ3) is 5.68. The molecule has 0 aliphatic carbocycles. The van der Waals surface area contributed by atoms with E-state index in [1.807, 2.05) is 37.4 Å². The first kappa shape index (κ1) is 21.0. The normalized spacial score (nSPS) is 15.4. The van der Waals surface area contributed by atoms with Crippen molar-refractivity contribution >= 4 is 0 Å². The Morgan fingerprint density at radius 1 is 1.16 bits per heavy atom. The van der Waals surface area contributed by atoms with Gasteiger partial charge in [0.1, 0.15) is 25.0 Å². The average molecular weight is 422 g/mol. The van der Waals surface area contributed by atoms with Crippen molar-refractivity contribution in [3.63, 3.8) is 0 Å². The predicted octanol–water partition coefficient (Wildman–Crippen LogP) is 3.09. The van der Waals surface area contributed by atoms with E-state index in [-0.39, 0.29) is 12.1 Å². The van der Waals surface area contributed by atoms with Crippen LogP contribution in [0.25, 0.3) is 5.95 Å². The topological polar surface area (TPSA) is 83.3 Å². The molecule has 4 rings (SSSR count). The van der Waals surface area contributed by atoms with Crippen LogP contribution in [-0.2, 0) is 20.6 Å². The van der Waals surface area contributed by atoms with E-state index in [9.17, 15) is 0 Å². The van der Waals surface area contributed by atoms with E-state index in [4.69, 9.17) is 14.2 Å². The molecule has 0 spiro atoms. The molecule has 162 valence electrons. The van der Waals surface area contributed by atoms with Crippen molar-refractivity contribution in [3.8, 4) is 5.95 Å². The van der Waals surface area contributed by atoms with E-state index in [0.29, 0.717) is 25.5 Å². The Kier molecular flexibility index (Phi) is 6.91. The second kappa shape index (κ2) is 10.2. The molecule has 2 atom stereocenters. The second-order valence-electron chi connectivity index (χ2n) is 7.39. The summed E-state index contributed by atoms with van der Waals surface area (Å²) in [6.07, 6.45) is 8.43. The van der Waals surface area contributed by atoms with Gasteiger partial charge in [0.25, 0.3) is 6.29 Å². The maximum atomic E-state index is 6.12. The molecule has 8 nitrogen and oxygen atoms in total. The molecular formula is C23H27N5O3. The van der Waals surface area contributed by atoms with Crippen molar-refractivity contribution in [1.82, 2.24) is 24.8 Å². The molecule has 0 amide bonds. The lowest BCUT2D eigenvalue weighted by molar-refractivity contribution is -0.131. The average Bonchev–Trinajstić information content (AvgIpc) is 3.50. The first-order chi connectivity index (χ1) is 15.2. The van der Waals surface area contributed by atoms with E-state index in [1.54, 1.807) is 29.6 Å². The Morgan fingerprint density at radius 2 is 1.97 bits per heavy atom. The van der Waals surface area contributed by atoms with E-state index in [1.165, 1.54) is 5.56 Å². The Balaban J connectivity index is 1.31. The molecule has 1 aliphatic heterocycles. The van der Waals surface area contributed by atoms with Crippen molar-refractivity contribution in [2.45, 2.75) is 38.7 Å². The van der Waals surface area contributed by atoms with Crippen LogP contribution >= 0.6 is 0 Å². The van der Waals surface area contributed by atoms with Gasteiger partial charge in [0.15, 0.2) is 0 Å². The molecule has 0 bridgehead atoms. The number of ether oxygens (including phenoxy) is 3. The molecular weight excluding hydrogens is 394 g/mol. The van der Waals surface area contributed by atoms with Crippen molar-refractivity contribution < 1.29 is 14.2 Å². The van der Waals surface area contributed by atoms with Crippen LogP contribution < -0.4 is 5.32 Å². The fourth-order valence-electron chi connectivity index (χ4n) is 3.39. The highest BCUT2D eigenvalue weighted by Crippen LogP contribution is 2.18. The zero-order valence-electron chi connectivity index (χ0n) is 17.7. The lowest BCUT2D eigenvalue weighted by atomic mass is 10.1. The molecule has 3 heterocycles. The lowest BCUT2D eigenvalue weighted by Crippen LogP contribution is -2.34. The van der Waals surface area contributed by atoms with Crippen LogP contribution in [0.1, 0.15) is 29.9 Å². The van der Waals surface area contributed by atoms with Crippen LogP contribution in [0.2, 0.25) is 0 Å². The monoisotopic (exact) mass is 421 g/mol. The number of nitrogens with zero attached hydrogens (tertiary/aromatic N) is 4. The zero-order valence-corrected chi connectivity index (χ0v) is 17.7. The van der Waals surface area contributed by atoms with Gasteiger partial charge in [-0.05, 0) is 25.5 Å². The fourth-order valence-corrected chi connectivity index (χ4v) is 3.39. The number of aromatic nitrogens is 4. The highest BCUT2D eigenvalue weighted by molar-refractivity contribution is 5.21. The van der Waals surface area contributed by atoms with Gasteiger partial charge in [0, 0.05) is 37.1 Å². The van der Waals surface area contributed by atoms with Crippen LogP contribution in [0.5, 0.6) is 0 Å². The maximum absolute atomic E-state index is 6.12. The van der Waals surface area contributed by atoms with Crippen LogP contribution in [0.4, 0.5) is 0 Å². The predicted molar refractivity (Wildman–Crippen MR) is 115 cm³/mol. The maximum Gasteiger partial charge on any atom is 0.266 e. The molecule has 8 heteroatoms. The molecule has 31 heavy (non-hydrogen) atoms. The quantitative estimate of drug-likeness (QED) is 0.504. The van der Waals surface area contributed by atoms with Gasteiger partial charge in [-0.1, -0.05) is 30.3 Å². The van der Waals surface area contributed by atoms with Crippen molar-refractivity contribution in [3.05, 3.63) is 84.6 Å². The summed E-state index contributed by atoms with van der Waals surface area (Å²) >= 11 is 0. The molecule has 1 N–H and O–H groups in total. The van der Waals surface area contributed by atoms with E-state index in [0.717, 1.165) is 11.4 Å². The summed E-state index contributed by atoms with van der Waals surface area (Å²) in [6.45, 7) is 5.22. The number of benzene rings is 1. The van der Waals surface area contributed by atoms with Gasteiger partial charge in [0.2, 0.25) is 5.95 Å². The smallest absolute Gasteiger partial charge is 0.266 e. The van der Waals surface area contributed by atoms with E-state index in [2.05, 4.69) is 39.3 Å². The second-order valence-corrected chi connectivity index (χ2v) is 7.39. The summed E-state index contributed by atoms with van der Waals surface area (Å²) in [5.74, 6) is 0.614. The first-order valence-corrected chi connectivity index (χ1v) is 10.4. The van der Waals surface area contributed by atoms with Gasteiger partial charge < -0.3 is 19.5 Å². The third-order valence-corrected chi connectivity index (χ3v) is 4.99. The highest BCUT2D eigenvalue weighted by atomic mass is 16.7. The van der Waals surface area contributed by atoms with E-state index >= 15 is 0 Å². The minimum Gasteiger partial charge on any atom is -0.457 e. The summed E-state index contributed by atoms with van der Waals surface area (Å²) < 4.78 is 19.0. The number of imidazole rings is 1. The Hall–Kier alpha value is -3.23. The van der Waals surface area contributed by atoms with Gasteiger partial charge in [-0.3, -0.25) is 4.57 Å². The molecule has 1 aromatic carbocycles. The Morgan fingerprint density at radius 3 is 2.71 bits per heavy atom. The van der Waals surface area contributed by atoms with Crippen molar-refractivity contribution in [2.24, 2.45) is 0 Å². The molecule has 2 unspecified atom stereocenters. The summed E-state index contributed by atoms with van der Waals surface area (Å²) in [4.78, 5) is 13.2. The first-order valence-electron chi connectivity index (χ1n) is 10.4. The molecule has 2 aromatic heterocycles. The van der Waals surface area contributed by atoms with Crippen molar-refractivity contribution in [1.29, 1.82) is 0 Å². The highest BCUT2D eigenvalue weighted by Gasteiger charge is 2.27.